The van der Waals surface area contributed by atoms with E-state index in [2.05, 4.69) is 29.6 Å². The maximum absolute atomic E-state index is 12.7. The maximum Gasteiger partial charge on any atom is 0.221 e. The number of hydrogen-bond donors (Lipinski definition) is 1. The number of nitrogens with one attached hydrogen (secondary N) is 1. The summed E-state index contributed by atoms with van der Waals surface area (Å²) in [5.74, 6) is 1.56. The number of carbonyl (C=O) groups is 1. The molecule has 0 aliphatic carbocycles. The largest absolute Gasteiger partial charge is 0.497 e. The van der Waals surface area contributed by atoms with Gasteiger partial charge in [-0.3, -0.25) is 4.79 Å². The fourth-order valence-electron chi connectivity index (χ4n) is 3.25. The number of methoxy groups -OCH3 is 1. The van der Waals surface area contributed by atoms with Crippen LogP contribution in [0.5, 0.6) is 11.5 Å². The summed E-state index contributed by atoms with van der Waals surface area (Å²) >= 11 is 0. The highest BCUT2D eigenvalue weighted by molar-refractivity contribution is 5.77. The Balaban J connectivity index is 1.58. The molecule has 4 nitrogen and oxygen atoms in total. The summed E-state index contributed by atoms with van der Waals surface area (Å²) in [7, 11) is 1.63. The second-order valence-electron chi connectivity index (χ2n) is 7.03. The third kappa shape index (κ3) is 6.11. The summed E-state index contributed by atoms with van der Waals surface area (Å²) in [6, 6.07) is 27.6. The minimum Gasteiger partial charge on any atom is -0.497 e. The summed E-state index contributed by atoms with van der Waals surface area (Å²) in [6.45, 7) is 2.35. The summed E-state index contributed by atoms with van der Waals surface area (Å²) in [5.41, 5.74) is 2.27. The molecule has 0 saturated carbocycles. The lowest BCUT2D eigenvalue weighted by Crippen LogP contribution is -2.37. The molecule has 1 amide bonds. The van der Waals surface area contributed by atoms with Crippen molar-refractivity contribution in [1.29, 1.82) is 0 Å². The molecular formula is C25H27NO3. The fraction of sp³-hybridized carbons (Fsp3) is 0.240. The lowest BCUT2D eigenvalue weighted by atomic mass is 9.88. The second kappa shape index (κ2) is 10.3. The molecule has 0 aliphatic heterocycles. The zero-order valence-corrected chi connectivity index (χ0v) is 16.9. The van der Waals surface area contributed by atoms with Crippen molar-refractivity contribution >= 4 is 5.91 Å². The molecule has 0 spiro atoms. The first kappa shape index (κ1) is 20.5. The van der Waals surface area contributed by atoms with Crippen LogP contribution in [0.4, 0.5) is 0 Å². The molecule has 29 heavy (non-hydrogen) atoms. The Hall–Kier alpha value is -3.27. The topological polar surface area (TPSA) is 47.6 Å². The van der Waals surface area contributed by atoms with Gasteiger partial charge in [0.1, 0.15) is 18.1 Å². The van der Waals surface area contributed by atoms with Crippen LogP contribution in [-0.2, 0) is 4.79 Å². The molecule has 0 fully saturated rings. The van der Waals surface area contributed by atoms with E-state index >= 15 is 0 Å². The van der Waals surface area contributed by atoms with Crippen LogP contribution in [0.1, 0.15) is 30.4 Å². The number of rotatable bonds is 9. The molecule has 0 heterocycles. The molecule has 150 valence electrons. The van der Waals surface area contributed by atoms with Gasteiger partial charge in [0.15, 0.2) is 0 Å². The predicted molar refractivity (Wildman–Crippen MR) is 115 cm³/mol. The van der Waals surface area contributed by atoms with E-state index in [4.69, 9.17) is 9.47 Å². The van der Waals surface area contributed by atoms with E-state index in [0.29, 0.717) is 13.0 Å². The number of benzene rings is 3. The van der Waals surface area contributed by atoms with Crippen LogP contribution in [-0.4, -0.2) is 25.7 Å². The summed E-state index contributed by atoms with van der Waals surface area (Å²) < 4.78 is 10.9. The Morgan fingerprint density at radius 3 is 1.86 bits per heavy atom. The van der Waals surface area contributed by atoms with Gasteiger partial charge in [0.05, 0.1) is 13.2 Å². The molecule has 0 unspecified atom stereocenters. The maximum atomic E-state index is 12.7. The monoisotopic (exact) mass is 389 g/mol. The van der Waals surface area contributed by atoms with E-state index in [9.17, 15) is 4.79 Å². The Morgan fingerprint density at radius 1 is 0.828 bits per heavy atom. The minimum absolute atomic E-state index is 0.00790. The second-order valence-corrected chi connectivity index (χ2v) is 7.03. The summed E-state index contributed by atoms with van der Waals surface area (Å²) in [5, 5.41) is 3.05. The Morgan fingerprint density at radius 2 is 1.34 bits per heavy atom. The third-order valence-electron chi connectivity index (χ3n) is 4.76. The molecule has 0 bridgehead atoms. The highest BCUT2D eigenvalue weighted by atomic mass is 16.5. The molecule has 1 atom stereocenters. The quantitative estimate of drug-likeness (QED) is 0.572. The van der Waals surface area contributed by atoms with Gasteiger partial charge in [0.2, 0.25) is 5.91 Å². The third-order valence-corrected chi connectivity index (χ3v) is 4.76. The average molecular weight is 389 g/mol. The lowest BCUT2D eigenvalue weighted by Gasteiger charge is -2.20. The van der Waals surface area contributed by atoms with Crippen LogP contribution in [0.2, 0.25) is 0 Å². The van der Waals surface area contributed by atoms with E-state index in [1.54, 1.807) is 7.11 Å². The van der Waals surface area contributed by atoms with Gasteiger partial charge in [0.25, 0.3) is 0 Å². The standard InChI is InChI=1S/C25H27NO3/c1-19(18-29-23-15-13-22(28-2)14-16-23)26-25(27)17-24(20-9-5-3-6-10-20)21-11-7-4-8-12-21/h3-16,19,24H,17-18H2,1-2H3,(H,26,27)/t19-/m0/s1. The molecule has 3 rings (SSSR count). The summed E-state index contributed by atoms with van der Waals surface area (Å²) in [6.07, 6.45) is 0.390. The summed E-state index contributed by atoms with van der Waals surface area (Å²) in [4.78, 5) is 12.7. The van der Waals surface area contributed by atoms with E-state index < -0.39 is 0 Å². The molecule has 0 aliphatic rings. The SMILES string of the molecule is COc1ccc(OC[C@H](C)NC(=O)CC(c2ccccc2)c2ccccc2)cc1. The fourth-order valence-corrected chi connectivity index (χ4v) is 3.25. The van der Waals surface area contributed by atoms with E-state index in [-0.39, 0.29) is 17.9 Å². The number of carbonyl (C=O) groups excluding carboxylic acids is 1. The normalized spacial score (nSPS) is 11.7. The van der Waals surface area contributed by atoms with Crippen LogP contribution < -0.4 is 14.8 Å². The zero-order chi connectivity index (χ0) is 20.5. The number of hydrogen-bond acceptors (Lipinski definition) is 3. The van der Waals surface area contributed by atoms with Gasteiger partial charge in [-0.15, -0.1) is 0 Å². The lowest BCUT2D eigenvalue weighted by molar-refractivity contribution is -0.122. The zero-order valence-electron chi connectivity index (χ0n) is 16.9. The Kier molecular flexibility index (Phi) is 7.28. The van der Waals surface area contributed by atoms with Gasteiger partial charge in [-0.05, 0) is 42.3 Å². The number of amides is 1. The van der Waals surface area contributed by atoms with Crippen LogP contribution in [0.25, 0.3) is 0 Å². The molecule has 0 aromatic heterocycles. The van der Waals surface area contributed by atoms with E-state index in [0.717, 1.165) is 22.6 Å². The minimum atomic E-state index is -0.100. The molecular weight excluding hydrogens is 362 g/mol. The molecule has 0 radical (unpaired) electrons. The van der Waals surface area contributed by atoms with Gasteiger partial charge in [0, 0.05) is 12.3 Å². The Bertz CT molecular complexity index is 839. The molecule has 3 aromatic carbocycles. The first-order valence-corrected chi connectivity index (χ1v) is 9.82. The predicted octanol–water partition coefficient (Wildman–Crippen LogP) is 4.80. The van der Waals surface area contributed by atoms with Crippen molar-refractivity contribution < 1.29 is 14.3 Å². The highest BCUT2D eigenvalue weighted by Crippen LogP contribution is 2.27. The van der Waals surface area contributed by atoms with Crippen molar-refractivity contribution in [3.05, 3.63) is 96.1 Å². The molecule has 0 saturated heterocycles. The van der Waals surface area contributed by atoms with Crippen LogP contribution in [0, 0.1) is 0 Å². The van der Waals surface area contributed by atoms with E-state index in [1.165, 1.54) is 0 Å². The van der Waals surface area contributed by atoms with Gasteiger partial charge in [-0.1, -0.05) is 60.7 Å². The van der Waals surface area contributed by atoms with Crippen molar-refractivity contribution in [2.75, 3.05) is 13.7 Å². The average Bonchev–Trinajstić information content (AvgIpc) is 2.77. The first-order valence-electron chi connectivity index (χ1n) is 9.82. The highest BCUT2D eigenvalue weighted by Gasteiger charge is 2.19. The van der Waals surface area contributed by atoms with Gasteiger partial charge in [-0.25, -0.2) is 0 Å². The smallest absolute Gasteiger partial charge is 0.221 e. The molecule has 3 aromatic rings. The molecule has 1 N–H and O–H groups in total. The van der Waals surface area contributed by atoms with Gasteiger partial charge in [-0.2, -0.15) is 0 Å². The molecule has 4 heteroatoms. The van der Waals surface area contributed by atoms with Crippen molar-refractivity contribution in [3.8, 4) is 11.5 Å². The van der Waals surface area contributed by atoms with E-state index in [1.807, 2.05) is 67.6 Å². The van der Waals surface area contributed by atoms with Gasteiger partial charge >= 0.3 is 0 Å². The van der Waals surface area contributed by atoms with Crippen molar-refractivity contribution in [2.24, 2.45) is 0 Å². The Labute approximate surface area is 172 Å². The van der Waals surface area contributed by atoms with Crippen molar-refractivity contribution in [3.63, 3.8) is 0 Å². The van der Waals surface area contributed by atoms with Crippen molar-refractivity contribution in [1.82, 2.24) is 5.32 Å². The van der Waals surface area contributed by atoms with Crippen LogP contribution >= 0.6 is 0 Å². The van der Waals surface area contributed by atoms with Crippen LogP contribution in [0.15, 0.2) is 84.9 Å². The van der Waals surface area contributed by atoms with Crippen LogP contribution in [0.3, 0.4) is 0 Å². The van der Waals surface area contributed by atoms with Gasteiger partial charge < -0.3 is 14.8 Å². The number of ether oxygens (including phenoxy) is 2. The van der Waals surface area contributed by atoms with Crippen molar-refractivity contribution in [2.45, 2.75) is 25.3 Å². The first-order chi connectivity index (χ1) is 14.2.